The lowest BCUT2D eigenvalue weighted by Gasteiger charge is -2.05. The lowest BCUT2D eigenvalue weighted by molar-refractivity contribution is 0.475. The van der Waals surface area contributed by atoms with Gasteiger partial charge in [0, 0.05) is 18.2 Å². The van der Waals surface area contributed by atoms with E-state index in [1.807, 2.05) is 30.3 Å². The van der Waals surface area contributed by atoms with Crippen molar-refractivity contribution < 1.29 is 5.11 Å². The SMILES string of the molecule is NCc1ccc(-c2nnnn2-c2cccc(O)c2)cc1. The van der Waals surface area contributed by atoms with Crippen LogP contribution in [0.4, 0.5) is 0 Å². The molecule has 0 radical (unpaired) electrons. The van der Waals surface area contributed by atoms with Gasteiger partial charge < -0.3 is 10.8 Å². The number of phenolic OH excluding ortho intramolecular Hbond substituents is 1. The van der Waals surface area contributed by atoms with Crippen molar-refractivity contribution in [3.05, 3.63) is 54.1 Å². The van der Waals surface area contributed by atoms with E-state index in [4.69, 9.17) is 5.73 Å². The van der Waals surface area contributed by atoms with Crippen LogP contribution in [-0.4, -0.2) is 25.3 Å². The molecule has 0 unspecified atom stereocenters. The van der Waals surface area contributed by atoms with E-state index in [1.54, 1.807) is 22.9 Å². The van der Waals surface area contributed by atoms with Gasteiger partial charge in [0.1, 0.15) is 5.75 Å². The number of phenols is 1. The fourth-order valence-corrected chi connectivity index (χ4v) is 1.96. The van der Waals surface area contributed by atoms with Crippen molar-refractivity contribution >= 4 is 0 Å². The highest BCUT2D eigenvalue weighted by Gasteiger charge is 2.10. The molecule has 3 aromatic rings. The smallest absolute Gasteiger partial charge is 0.187 e. The average molecular weight is 267 g/mol. The maximum Gasteiger partial charge on any atom is 0.187 e. The van der Waals surface area contributed by atoms with Crippen molar-refractivity contribution in [2.45, 2.75) is 6.54 Å². The molecule has 0 bridgehead atoms. The Labute approximate surface area is 115 Å². The molecule has 6 heteroatoms. The zero-order chi connectivity index (χ0) is 13.9. The van der Waals surface area contributed by atoms with Crippen molar-refractivity contribution in [2.75, 3.05) is 0 Å². The van der Waals surface area contributed by atoms with Crippen LogP contribution in [0.1, 0.15) is 5.56 Å². The van der Waals surface area contributed by atoms with Crippen LogP contribution in [0.15, 0.2) is 48.5 Å². The van der Waals surface area contributed by atoms with Gasteiger partial charge in [-0.05, 0) is 28.1 Å². The Balaban J connectivity index is 2.05. The quantitative estimate of drug-likeness (QED) is 0.750. The summed E-state index contributed by atoms with van der Waals surface area (Å²) in [5.74, 6) is 0.779. The van der Waals surface area contributed by atoms with Crippen LogP contribution >= 0.6 is 0 Å². The molecule has 3 N–H and O–H groups in total. The number of benzene rings is 2. The Morgan fingerprint density at radius 2 is 1.90 bits per heavy atom. The summed E-state index contributed by atoms with van der Waals surface area (Å²) in [6.45, 7) is 0.498. The summed E-state index contributed by atoms with van der Waals surface area (Å²) < 4.78 is 1.58. The largest absolute Gasteiger partial charge is 0.508 e. The van der Waals surface area contributed by atoms with E-state index >= 15 is 0 Å². The molecule has 2 aromatic carbocycles. The highest BCUT2D eigenvalue weighted by molar-refractivity contribution is 5.58. The zero-order valence-corrected chi connectivity index (χ0v) is 10.6. The summed E-state index contributed by atoms with van der Waals surface area (Å²) in [6, 6.07) is 14.5. The first-order valence-corrected chi connectivity index (χ1v) is 6.15. The van der Waals surface area contributed by atoms with Crippen LogP contribution in [-0.2, 0) is 6.54 Å². The summed E-state index contributed by atoms with van der Waals surface area (Å²) >= 11 is 0. The van der Waals surface area contributed by atoms with Crippen molar-refractivity contribution in [1.29, 1.82) is 0 Å². The molecule has 20 heavy (non-hydrogen) atoms. The van der Waals surface area contributed by atoms with Gasteiger partial charge in [0.05, 0.1) is 5.69 Å². The second-order valence-electron chi connectivity index (χ2n) is 4.34. The molecule has 0 amide bonds. The minimum Gasteiger partial charge on any atom is -0.508 e. The molecule has 6 nitrogen and oxygen atoms in total. The summed E-state index contributed by atoms with van der Waals surface area (Å²) in [5, 5.41) is 21.3. The van der Waals surface area contributed by atoms with Crippen LogP contribution in [0.2, 0.25) is 0 Å². The van der Waals surface area contributed by atoms with E-state index in [-0.39, 0.29) is 5.75 Å². The fraction of sp³-hybridized carbons (Fsp3) is 0.0714. The van der Waals surface area contributed by atoms with Gasteiger partial charge in [0.15, 0.2) is 5.82 Å². The third-order valence-corrected chi connectivity index (χ3v) is 2.99. The summed E-state index contributed by atoms with van der Waals surface area (Å²) in [4.78, 5) is 0. The molecule has 1 heterocycles. The molecule has 0 spiro atoms. The molecule has 0 aliphatic rings. The van der Waals surface area contributed by atoms with Gasteiger partial charge in [-0.15, -0.1) is 5.10 Å². The number of nitrogens with zero attached hydrogens (tertiary/aromatic N) is 4. The molecule has 1 aromatic heterocycles. The minimum absolute atomic E-state index is 0.169. The Bertz CT molecular complexity index is 720. The number of aromatic nitrogens is 4. The summed E-state index contributed by atoms with van der Waals surface area (Å²) in [5.41, 5.74) is 8.22. The van der Waals surface area contributed by atoms with Crippen LogP contribution in [0.5, 0.6) is 5.75 Å². The standard InChI is InChI=1S/C14H13N5O/c15-9-10-4-6-11(7-5-10)14-16-17-18-19(14)12-2-1-3-13(20)8-12/h1-8,20H,9,15H2. The molecule has 0 fully saturated rings. The Hall–Kier alpha value is -2.73. The van der Waals surface area contributed by atoms with Gasteiger partial charge in [-0.1, -0.05) is 30.3 Å². The molecular formula is C14H13N5O. The van der Waals surface area contributed by atoms with Crippen LogP contribution in [0.25, 0.3) is 17.1 Å². The van der Waals surface area contributed by atoms with Gasteiger partial charge in [-0.25, -0.2) is 0 Å². The zero-order valence-electron chi connectivity index (χ0n) is 10.6. The molecule has 3 rings (SSSR count). The maximum absolute atomic E-state index is 9.55. The van der Waals surface area contributed by atoms with Gasteiger partial charge >= 0.3 is 0 Å². The lowest BCUT2D eigenvalue weighted by Crippen LogP contribution is -2.00. The summed E-state index contributed by atoms with van der Waals surface area (Å²) in [6.07, 6.45) is 0. The Kier molecular flexibility index (Phi) is 3.14. The third-order valence-electron chi connectivity index (χ3n) is 2.99. The number of hydrogen-bond acceptors (Lipinski definition) is 5. The van der Waals surface area contributed by atoms with Crippen molar-refractivity contribution in [3.8, 4) is 22.8 Å². The van der Waals surface area contributed by atoms with Crippen molar-refractivity contribution in [3.63, 3.8) is 0 Å². The monoisotopic (exact) mass is 267 g/mol. The first-order valence-electron chi connectivity index (χ1n) is 6.15. The molecule has 0 aliphatic heterocycles. The number of tetrazole rings is 1. The molecule has 0 atom stereocenters. The molecule has 0 aliphatic carbocycles. The molecule has 0 saturated heterocycles. The van der Waals surface area contributed by atoms with Gasteiger partial charge in [-0.2, -0.15) is 4.68 Å². The van der Waals surface area contributed by atoms with Gasteiger partial charge in [-0.3, -0.25) is 0 Å². The molecule has 0 saturated carbocycles. The highest BCUT2D eigenvalue weighted by atomic mass is 16.3. The Morgan fingerprint density at radius 3 is 2.60 bits per heavy atom. The summed E-state index contributed by atoms with van der Waals surface area (Å²) in [7, 11) is 0. The fourth-order valence-electron chi connectivity index (χ4n) is 1.96. The Morgan fingerprint density at radius 1 is 1.10 bits per heavy atom. The van der Waals surface area contributed by atoms with E-state index < -0.39 is 0 Å². The van der Waals surface area contributed by atoms with E-state index in [9.17, 15) is 5.11 Å². The predicted octanol–water partition coefficient (Wildman–Crippen LogP) is 1.49. The lowest BCUT2D eigenvalue weighted by atomic mass is 10.1. The topological polar surface area (TPSA) is 89.9 Å². The number of aromatic hydroxyl groups is 1. The maximum atomic E-state index is 9.55. The van der Waals surface area contributed by atoms with Gasteiger partial charge in [0.2, 0.25) is 0 Å². The first-order chi connectivity index (χ1) is 9.78. The minimum atomic E-state index is 0.169. The number of rotatable bonds is 3. The number of hydrogen-bond donors (Lipinski definition) is 2. The van der Waals surface area contributed by atoms with E-state index in [1.165, 1.54) is 0 Å². The second-order valence-corrected chi connectivity index (χ2v) is 4.34. The number of nitrogens with two attached hydrogens (primary N) is 1. The predicted molar refractivity (Wildman–Crippen MR) is 74.1 cm³/mol. The van der Waals surface area contributed by atoms with Gasteiger partial charge in [0.25, 0.3) is 0 Å². The van der Waals surface area contributed by atoms with Crippen molar-refractivity contribution in [1.82, 2.24) is 20.2 Å². The van der Waals surface area contributed by atoms with E-state index in [0.717, 1.165) is 11.1 Å². The second kappa shape index (κ2) is 5.10. The van der Waals surface area contributed by atoms with Crippen molar-refractivity contribution in [2.24, 2.45) is 5.73 Å². The normalized spacial score (nSPS) is 10.7. The molecular weight excluding hydrogens is 254 g/mol. The van der Waals surface area contributed by atoms with E-state index in [0.29, 0.717) is 18.1 Å². The van der Waals surface area contributed by atoms with Crippen LogP contribution < -0.4 is 5.73 Å². The molecule has 100 valence electrons. The van der Waals surface area contributed by atoms with Crippen LogP contribution in [0, 0.1) is 0 Å². The van der Waals surface area contributed by atoms with Crippen LogP contribution in [0.3, 0.4) is 0 Å². The average Bonchev–Trinajstić information content (AvgIpc) is 2.97. The highest BCUT2D eigenvalue weighted by Crippen LogP contribution is 2.21. The third kappa shape index (κ3) is 2.24. The first kappa shape index (κ1) is 12.3. The van der Waals surface area contributed by atoms with E-state index in [2.05, 4.69) is 15.5 Å².